The Morgan fingerprint density at radius 3 is 2.68 bits per heavy atom. The summed E-state index contributed by atoms with van der Waals surface area (Å²) in [6.45, 7) is 14.4. The first-order valence-electron chi connectivity index (χ1n) is 14.6. The molecular formula is C29H49ClN6S. The van der Waals surface area contributed by atoms with E-state index >= 15 is 0 Å². The van der Waals surface area contributed by atoms with Crippen molar-refractivity contribution < 1.29 is 0 Å². The van der Waals surface area contributed by atoms with E-state index in [4.69, 9.17) is 16.6 Å². The number of pyridine rings is 1. The number of piperidine rings is 2. The van der Waals surface area contributed by atoms with E-state index < -0.39 is 0 Å². The van der Waals surface area contributed by atoms with Crippen molar-refractivity contribution >= 4 is 23.5 Å². The molecule has 0 saturated carbocycles. The number of nitrogens with one attached hydrogen (secondary N) is 4. The van der Waals surface area contributed by atoms with Crippen LogP contribution < -0.4 is 20.7 Å². The summed E-state index contributed by atoms with van der Waals surface area (Å²) in [4.78, 5) is 7.58. The van der Waals surface area contributed by atoms with Gasteiger partial charge in [-0.1, -0.05) is 44.3 Å². The first kappa shape index (κ1) is 28.1. The third kappa shape index (κ3) is 6.85. The average molecular weight is 549 g/mol. The van der Waals surface area contributed by atoms with Gasteiger partial charge < -0.3 is 0 Å². The van der Waals surface area contributed by atoms with Crippen LogP contribution in [0, 0.1) is 17.3 Å². The molecule has 0 spiro atoms. The summed E-state index contributed by atoms with van der Waals surface area (Å²) < 4.78 is 3.83. The summed E-state index contributed by atoms with van der Waals surface area (Å²) in [5.74, 6) is 1.31. The van der Waals surface area contributed by atoms with Crippen LogP contribution in [0.4, 0.5) is 0 Å². The van der Waals surface area contributed by atoms with Crippen LogP contribution in [0.1, 0.15) is 97.7 Å². The Hall–Kier alpha value is -0.410. The van der Waals surface area contributed by atoms with Crippen LogP contribution in [-0.2, 0) is 0 Å². The Morgan fingerprint density at radius 1 is 1.05 bits per heavy atom. The Kier molecular flexibility index (Phi) is 8.82. The second-order valence-electron chi connectivity index (χ2n) is 13.7. The predicted octanol–water partition coefficient (Wildman–Crippen LogP) is 5.66. The molecule has 4 N–H and O–H groups in total. The third-order valence-electron chi connectivity index (χ3n) is 9.33. The van der Waals surface area contributed by atoms with Gasteiger partial charge in [0.15, 0.2) is 0 Å². The fourth-order valence-electron chi connectivity index (χ4n) is 7.25. The minimum absolute atomic E-state index is 0.194. The van der Waals surface area contributed by atoms with E-state index in [1.807, 2.05) is 24.2 Å². The number of nitrogens with zero attached hydrogens (tertiary/aromatic N) is 2. The fraction of sp³-hybridized carbons (Fsp3) is 0.828. The molecule has 208 valence electrons. The maximum Gasteiger partial charge on any atom is 0.0690 e. The van der Waals surface area contributed by atoms with Gasteiger partial charge in [0, 0.05) is 41.8 Å². The normalized spacial score (nSPS) is 39.3. The lowest BCUT2D eigenvalue weighted by molar-refractivity contribution is 0.00552. The average Bonchev–Trinajstić information content (AvgIpc) is 3.14. The van der Waals surface area contributed by atoms with Gasteiger partial charge >= 0.3 is 0 Å². The summed E-state index contributed by atoms with van der Waals surface area (Å²) in [5, 5.41) is 13.2. The van der Waals surface area contributed by atoms with Crippen molar-refractivity contribution in [1.82, 2.24) is 30.6 Å². The highest BCUT2D eigenvalue weighted by atomic mass is 35.5. The first-order chi connectivity index (χ1) is 17.6. The number of hydrogen-bond acceptors (Lipinski definition) is 7. The van der Waals surface area contributed by atoms with Gasteiger partial charge in [-0.25, -0.2) is 0 Å². The molecule has 4 fully saturated rings. The second-order valence-corrected chi connectivity index (χ2v) is 15.2. The lowest BCUT2D eigenvalue weighted by atomic mass is 9.78. The van der Waals surface area contributed by atoms with Crippen molar-refractivity contribution in [3.05, 3.63) is 29.0 Å². The van der Waals surface area contributed by atoms with Gasteiger partial charge in [0.05, 0.1) is 29.4 Å². The van der Waals surface area contributed by atoms with Crippen LogP contribution in [0.25, 0.3) is 0 Å². The van der Waals surface area contributed by atoms with E-state index in [1.54, 1.807) is 0 Å². The lowest BCUT2D eigenvalue weighted by Gasteiger charge is -2.50. The van der Waals surface area contributed by atoms with E-state index in [1.165, 1.54) is 45.1 Å². The van der Waals surface area contributed by atoms with Gasteiger partial charge in [0.25, 0.3) is 0 Å². The Morgan fingerprint density at radius 2 is 1.89 bits per heavy atom. The molecular weight excluding hydrogens is 500 g/mol. The molecule has 0 aromatic carbocycles. The minimum atomic E-state index is 0.194. The molecule has 4 aliphatic rings. The molecule has 8 heteroatoms. The molecule has 4 saturated heterocycles. The van der Waals surface area contributed by atoms with Gasteiger partial charge in [0.1, 0.15) is 0 Å². The van der Waals surface area contributed by atoms with Crippen molar-refractivity contribution in [2.24, 2.45) is 17.3 Å². The monoisotopic (exact) mass is 548 g/mol. The topological polar surface area (TPSA) is 64.2 Å². The second kappa shape index (κ2) is 11.6. The van der Waals surface area contributed by atoms with Crippen molar-refractivity contribution in [2.75, 3.05) is 13.1 Å². The summed E-state index contributed by atoms with van der Waals surface area (Å²) in [6, 6.07) is 4.70. The Labute approximate surface area is 234 Å². The SMILES string of the molecule is CC(C)(C)C1CCC2CNSC3CCCC(N3)NC(c3cc(Cl)ccn3)CC[C@@H]3CN(C2N1)C(C)(C)C3. The Bertz CT molecular complexity index is 907. The van der Waals surface area contributed by atoms with Gasteiger partial charge in [-0.05, 0) is 88.7 Å². The van der Waals surface area contributed by atoms with E-state index in [0.29, 0.717) is 35.6 Å². The molecule has 4 aliphatic heterocycles. The van der Waals surface area contributed by atoms with Crippen molar-refractivity contribution in [2.45, 2.75) is 121 Å². The zero-order valence-corrected chi connectivity index (χ0v) is 25.1. The maximum absolute atomic E-state index is 6.41. The standard InChI is InChI=1S/C29H49ClN6S/c1-28(2,3)24-12-10-20-17-32-37-26-8-6-7-25(35-26)33-22(23-15-21(30)13-14-31-23)11-9-19-16-29(4,5)36(18-19)27(20)34-24/h13-15,19-20,22,24-27,32-35H,6-12,16-18H2,1-5H3/t19-,20?,22?,24?,25?,26?,27?/m0/s1. The van der Waals surface area contributed by atoms with Crippen LogP contribution in [0.5, 0.6) is 0 Å². The summed E-state index contributed by atoms with van der Waals surface area (Å²) >= 11 is 8.31. The lowest BCUT2D eigenvalue weighted by Crippen LogP contribution is -2.63. The minimum Gasteiger partial charge on any atom is -0.298 e. The Balaban J connectivity index is 1.40. The molecule has 1 aromatic rings. The van der Waals surface area contributed by atoms with Crippen LogP contribution >= 0.6 is 23.5 Å². The number of rotatable bonds is 1. The van der Waals surface area contributed by atoms with Gasteiger partial charge in [-0.3, -0.25) is 30.6 Å². The zero-order valence-electron chi connectivity index (χ0n) is 23.5. The molecule has 0 aliphatic carbocycles. The highest BCUT2D eigenvalue weighted by Crippen LogP contribution is 2.42. The van der Waals surface area contributed by atoms with Gasteiger partial charge in [-0.2, -0.15) is 0 Å². The molecule has 7 unspecified atom stereocenters. The molecule has 0 radical (unpaired) electrons. The maximum atomic E-state index is 6.41. The van der Waals surface area contributed by atoms with E-state index in [-0.39, 0.29) is 17.0 Å². The molecule has 5 heterocycles. The number of hydrogen-bond donors (Lipinski definition) is 4. The molecule has 8 atom stereocenters. The van der Waals surface area contributed by atoms with Crippen molar-refractivity contribution in [1.29, 1.82) is 0 Å². The van der Waals surface area contributed by atoms with E-state index in [9.17, 15) is 0 Å². The quantitative estimate of drug-likeness (QED) is 0.337. The van der Waals surface area contributed by atoms with Crippen molar-refractivity contribution in [3.8, 4) is 0 Å². The fourth-order valence-corrected chi connectivity index (χ4v) is 8.45. The van der Waals surface area contributed by atoms with Crippen LogP contribution in [-0.4, -0.2) is 52.3 Å². The molecule has 0 amide bonds. The molecule has 5 rings (SSSR count). The highest BCUT2D eigenvalue weighted by Gasteiger charge is 2.47. The molecule has 37 heavy (non-hydrogen) atoms. The summed E-state index contributed by atoms with van der Waals surface area (Å²) in [5.41, 5.74) is 1.54. The van der Waals surface area contributed by atoms with Crippen molar-refractivity contribution in [3.63, 3.8) is 0 Å². The van der Waals surface area contributed by atoms with Gasteiger partial charge in [-0.15, -0.1) is 0 Å². The zero-order chi connectivity index (χ0) is 26.2. The highest BCUT2D eigenvalue weighted by molar-refractivity contribution is 7.98. The van der Waals surface area contributed by atoms with E-state index in [2.05, 4.69) is 66.3 Å². The summed E-state index contributed by atoms with van der Waals surface area (Å²) in [7, 11) is 0. The number of aromatic nitrogens is 1. The third-order valence-corrected chi connectivity index (χ3v) is 10.6. The molecule has 4 bridgehead atoms. The van der Waals surface area contributed by atoms with Crippen LogP contribution in [0.15, 0.2) is 18.3 Å². The summed E-state index contributed by atoms with van der Waals surface area (Å²) in [6.07, 6.45) is 12.3. The number of fused-ring (bicyclic) bond motifs is 6. The molecule has 1 aromatic heterocycles. The first-order valence-corrected chi connectivity index (χ1v) is 15.9. The van der Waals surface area contributed by atoms with Crippen LogP contribution in [0.2, 0.25) is 5.02 Å². The van der Waals surface area contributed by atoms with E-state index in [0.717, 1.165) is 30.1 Å². The number of halogens is 1. The van der Waals surface area contributed by atoms with Crippen LogP contribution in [0.3, 0.4) is 0 Å². The van der Waals surface area contributed by atoms with Gasteiger partial charge in [0.2, 0.25) is 0 Å². The predicted molar refractivity (Wildman–Crippen MR) is 156 cm³/mol. The largest absolute Gasteiger partial charge is 0.298 e. The smallest absolute Gasteiger partial charge is 0.0690 e. The molecule has 6 nitrogen and oxygen atoms in total.